The largest absolute Gasteiger partial charge is 0.396 e. The Kier molecular flexibility index (Phi) is 2.40. The van der Waals surface area contributed by atoms with Crippen molar-refractivity contribution in [2.24, 2.45) is 5.41 Å². The van der Waals surface area contributed by atoms with E-state index >= 15 is 0 Å². The van der Waals surface area contributed by atoms with E-state index in [1.807, 2.05) is 0 Å². The summed E-state index contributed by atoms with van der Waals surface area (Å²) in [7, 11) is 0. The lowest BCUT2D eigenvalue weighted by Crippen LogP contribution is -2.36. The summed E-state index contributed by atoms with van der Waals surface area (Å²) in [6, 6.07) is 8.71. The van der Waals surface area contributed by atoms with Gasteiger partial charge in [-0.25, -0.2) is 0 Å². The van der Waals surface area contributed by atoms with E-state index in [0.717, 1.165) is 13.1 Å². The molecule has 0 bridgehead atoms. The summed E-state index contributed by atoms with van der Waals surface area (Å²) < 4.78 is 0. The van der Waals surface area contributed by atoms with Crippen molar-refractivity contribution in [3.63, 3.8) is 0 Å². The van der Waals surface area contributed by atoms with E-state index in [2.05, 4.69) is 29.2 Å². The fraction of sp³-hybridized carbons (Fsp3) is 0.571. The highest BCUT2D eigenvalue weighted by Gasteiger charge is 2.43. The van der Waals surface area contributed by atoms with E-state index in [-0.39, 0.29) is 5.41 Å². The molecule has 0 spiro atoms. The van der Waals surface area contributed by atoms with Crippen LogP contribution in [0.25, 0.3) is 0 Å². The van der Waals surface area contributed by atoms with Crippen molar-refractivity contribution in [1.29, 1.82) is 0 Å². The number of anilines is 1. The summed E-state index contributed by atoms with van der Waals surface area (Å²) in [4.78, 5) is 2.47. The van der Waals surface area contributed by atoms with Crippen LogP contribution in [0, 0.1) is 5.41 Å². The first-order valence-electron chi connectivity index (χ1n) is 6.27. The van der Waals surface area contributed by atoms with Crippen LogP contribution in [0.5, 0.6) is 0 Å². The standard InChI is InChI=1S/C14H19NO/c16-11-14(7-8-14)10-15-9-3-5-12-4-1-2-6-13(12)15/h1-2,4,6,16H,3,5,7-11H2. The van der Waals surface area contributed by atoms with Crippen LogP contribution in [0.1, 0.15) is 24.8 Å². The molecule has 1 heterocycles. The molecule has 1 fully saturated rings. The Morgan fingerprint density at radius 1 is 1.25 bits per heavy atom. The number of aliphatic hydroxyl groups excluding tert-OH is 1. The number of aliphatic hydroxyl groups is 1. The van der Waals surface area contributed by atoms with E-state index in [1.54, 1.807) is 0 Å². The highest BCUT2D eigenvalue weighted by Crippen LogP contribution is 2.46. The van der Waals surface area contributed by atoms with Gasteiger partial charge in [0.05, 0.1) is 6.61 Å². The molecule has 2 nitrogen and oxygen atoms in total. The molecule has 0 aromatic heterocycles. The normalized spacial score (nSPS) is 21.7. The van der Waals surface area contributed by atoms with Crippen molar-refractivity contribution in [2.75, 3.05) is 24.6 Å². The van der Waals surface area contributed by atoms with Crippen molar-refractivity contribution in [3.8, 4) is 0 Å². The molecule has 16 heavy (non-hydrogen) atoms. The molecule has 0 unspecified atom stereocenters. The zero-order valence-electron chi connectivity index (χ0n) is 9.65. The first-order chi connectivity index (χ1) is 7.83. The van der Waals surface area contributed by atoms with Crippen molar-refractivity contribution >= 4 is 5.69 Å². The van der Waals surface area contributed by atoms with Gasteiger partial charge in [-0.15, -0.1) is 0 Å². The zero-order chi connectivity index (χ0) is 11.0. The number of hydrogen-bond donors (Lipinski definition) is 1. The summed E-state index contributed by atoms with van der Waals surface area (Å²) in [6.07, 6.45) is 4.85. The van der Waals surface area contributed by atoms with E-state index in [9.17, 15) is 5.11 Å². The predicted molar refractivity (Wildman–Crippen MR) is 65.7 cm³/mol. The van der Waals surface area contributed by atoms with Gasteiger partial charge in [-0.1, -0.05) is 18.2 Å². The molecular formula is C14H19NO. The monoisotopic (exact) mass is 217 g/mol. The second kappa shape index (κ2) is 3.77. The van der Waals surface area contributed by atoms with Crippen molar-refractivity contribution in [1.82, 2.24) is 0 Å². The second-order valence-corrected chi connectivity index (χ2v) is 5.31. The maximum absolute atomic E-state index is 9.41. The molecule has 86 valence electrons. The van der Waals surface area contributed by atoms with E-state index in [4.69, 9.17) is 0 Å². The van der Waals surface area contributed by atoms with Crippen LogP contribution in [0.15, 0.2) is 24.3 Å². The molecule has 2 aliphatic rings. The number of para-hydroxylation sites is 1. The van der Waals surface area contributed by atoms with Gasteiger partial charge in [0.25, 0.3) is 0 Å². The minimum absolute atomic E-state index is 0.227. The summed E-state index contributed by atoms with van der Waals surface area (Å²) in [6.45, 7) is 2.55. The Morgan fingerprint density at radius 3 is 2.81 bits per heavy atom. The highest BCUT2D eigenvalue weighted by atomic mass is 16.3. The number of fused-ring (bicyclic) bond motifs is 1. The van der Waals surface area contributed by atoms with E-state index < -0.39 is 0 Å². The number of hydrogen-bond acceptors (Lipinski definition) is 2. The number of aryl methyl sites for hydroxylation is 1. The Hall–Kier alpha value is -1.02. The Bertz CT molecular complexity index is 384. The number of nitrogens with zero attached hydrogens (tertiary/aromatic N) is 1. The van der Waals surface area contributed by atoms with Crippen LogP contribution in [-0.4, -0.2) is 24.8 Å². The van der Waals surface area contributed by atoms with Gasteiger partial charge in [-0.2, -0.15) is 0 Å². The third-order valence-corrected chi connectivity index (χ3v) is 4.03. The molecule has 0 atom stereocenters. The Labute approximate surface area is 96.9 Å². The topological polar surface area (TPSA) is 23.5 Å². The molecule has 1 aliphatic carbocycles. The zero-order valence-corrected chi connectivity index (χ0v) is 9.65. The van der Waals surface area contributed by atoms with Crippen molar-refractivity contribution < 1.29 is 5.11 Å². The summed E-state index contributed by atoms with van der Waals surface area (Å²) in [5.41, 5.74) is 3.10. The molecule has 0 radical (unpaired) electrons. The third kappa shape index (κ3) is 1.71. The quantitative estimate of drug-likeness (QED) is 0.839. The predicted octanol–water partition coefficient (Wildman–Crippen LogP) is 2.21. The van der Waals surface area contributed by atoms with Crippen LogP contribution in [0.3, 0.4) is 0 Å². The van der Waals surface area contributed by atoms with Crippen LogP contribution in [0.4, 0.5) is 5.69 Å². The molecule has 0 amide bonds. The number of benzene rings is 1. The fourth-order valence-corrected chi connectivity index (χ4v) is 2.72. The lowest BCUT2D eigenvalue weighted by molar-refractivity contribution is 0.213. The smallest absolute Gasteiger partial charge is 0.0504 e. The molecule has 0 saturated heterocycles. The minimum atomic E-state index is 0.227. The van der Waals surface area contributed by atoms with Gasteiger partial charge in [0.15, 0.2) is 0 Å². The SMILES string of the molecule is OCC1(CN2CCCc3ccccc32)CC1. The van der Waals surface area contributed by atoms with Gasteiger partial charge in [0.2, 0.25) is 0 Å². The first kappa shape index (κ1) is 10.2. The Balaban J connectivity index is 1.82. The molecule has 1 aromatic carbocycles. The van der Waals surface area contributed by atoms with Crippen LogP contribution >= 0.6 is 0 Å². The number of rotatable bonds is 3. The van der Waals surface area contributed by atoms with Gasteiger partial charge in [-0.05, 0) is 37.3 Å². The molecule has 2 heteroatoms. The van der Waals surface area contributed by atoms with Gasteiger partial charge >= 0.3 is 0 Å². The molecule has 1 aromatic rings. The van der Waals surface area contributed by atoms with E-state index in [1.165, 1.54) is 36.9 Å². The highest BCUT2D eigenvalue weighted by molar-refractivity contribution is 5.55. The second-order valence-electron chi connectivity index (χ2n) is 5.31. The van der Waals surface area contributed by atoms with Crippen molar-refractivity contribution in [3.05, 3.63) is 29.8 Å². The molecular weight excluding hydrogens is 198 g/mol. The summed E-state index contributed by atoms with van der Waals surface area (Å²) in [5.74, 6) is 0. The van der Waals surface area contributed by atoms with Crippen molar-refractivity contribution in [2.45, 2.75) is 25.7 Å². The van der Waals surface area contributed by atoms with Gasteiger partial charge < -0.3 is 10.0 Å². The van der Waals surface area contributed by atoms with Crippen LogP contribution in [0.2, 0.25) is 0 Å². The molecule has 1 saturated carbocycles. The average Bonchev–Trinajstić information content (AvgIpc) is 3.10. The third-order valence-electron chi connectivity index (χ3n) is 4.03. The van der Waals surface area contributed by atoms with Gasteiger partial charge in [-0.3, -0.25) is 0 Å². The molecule has 1 N–H and O–H groups in total. The lowest BCUT2D eigenvalue weighted by atomic mass is 9.99. The Morgan fingerprint density at radius 2 is 2.06 bits per heavy atom. The minimum Gasteiger partial charge on any atom is -0.396 e. The van der Waals surface area contributed by atoms with Gasteiger partial charge in [0, 0.05) is 24.2 Å². The maximum atomic E-state index is 9.41. The van der Waals surface area contributed by atoms with E-state index in [0.29, 0.717) is 6.61 Å². The molecule has 1 aliphatic heterocycles. The summed E-state index contributed by atoms with van der Waals surface area (Å²) >= 11 is 0. The lowest BCUT2D eigenvalue weighted by Gasteiger charge is -2.34. The fourth-order valence-electron chi connectivity index (χ4n) is 2.72. The van der Waals surface area contributed by atoms with Crippen LogP contribution < -0.4 is 4.90 Å². The van der Waals surface area contributed by atoms with Crippen LogP contribution in [-0.2, 0) is 6.42 Å². The maximum Gasteiger partial charge on any atom is 0.0504 e. The first-order valence-corrected chi connectivity index (χ1v) is 6.27. The average molecular weight is 217 g/mol. The molecule has 3 rings (SSSR count). The van der Waals surface area contributed by atoms with Gasteiger partial charge in [0.1, 0.15) is 0 Å². The summed E-state index contributed by atoms with van der Waals surface area (Å²) in [5, 5.41) is 9.41.